The molecule has 1 aliphatic heterocycles. The summed E-state index contributed by atoms with van der Waals surface area (Å²) in [5.74, 6) is -0.865. The molecule has 0 aromatic heterocycles. The van der Waals surface area contributed by atoms with Gasteiger partial charge in [-0.05, 0) is 19.4 Å². The molecule has 142 valence electrons. The smallest absolute Gasteiger partial charge is 0.444 e. The largest absolute Gasteiger partial charge is 0.508 e. The van der Waals surface area contributed by atoms with E-state index in [1.54, 1.807) is 27.9 Å². The Morgan fingerprint density at radius 3 is 2.35 bits per heavy atom. The lowest BCUT2D eigenvalue weighted by molar-refractivity contribution is -0.146. The van der Waals surface area contributed by atoms with Crippen LogP contribution < -0.4 is 5.32 Å². The van der Waals surface area contributed by atoms with E-state index in [0.717, 1.165) is 5.56 Å². The molecule has 1 aromatic carbocycles. The first kappa shape index (κ1) is 19.6. The first-order valence-corrected chi connectivity index (χ1v) is 8.35. The number of carbonyl (C=O) groups excluding carboxylic acids is 3. The standard InChI is InChI=1S/C18H24N2O6/c1-11(26-18(23)24-10-13-8-6-5-7-9-13)14-15(19-16(14)21)12(2)25-17(22)20(3)4/h5-9,11-12,14-15H,10H2,1-4H3,(H,19,21)/t11-,12+,14-,15-/m1/s1. The van der Waals surface area contributed by atoms with Crippen molar-refractivity contribution in [3.63, 3.8) is 0 Å². The van der Waals surface area contributed by atoms with Crippen LogP contribution in [0.5, 0.6) is 0 Å². The maximum atomic E-state index is 11.9. The number of benzene rings is 1. The second-order valence-corrected chi connectivity index (χ2v) is 6.39. The van der Waals surface area contributed by atoms with Crippen LogP contribution in [0.2, 0.25) is 0 Å². The van der Waals surface area contributed by atoms with E-state index in [4.69, 9.17) is 14.2 Å². The quantitative estimate of drug-likeness (QED) is 0.612. The zero-order chi connectivity index (χ0) is 19.3. The summed E-state index contributed by atoms with van der Waals surface area (Å²) in [6, 6.07) is 8.77. The Hall–Kier alpha value is -2.77. The van der Waals surface area contributed by atoms with Crippen LogP contribution in [0.3, 0.4) is 0 Å². The highest BCUT2D eigenvalue weighted by molar-refractivity contribution is 5.87. The predicted octanol–water partition coefficient (Wildman–Crippen LogP) is 1.93. The summed E-state index contributed by atoms with van der Waals surface area (Å²) in [5, 5.41) is 2.68. The van der Waals surface area contributed by atoms with Crippen molar-refractivity contribution in [1.29, 1.82) is 0 Å². The molecule has 4 atom stereocenters. The SMILES string of the molecule is C[C@H](OC(=O)N(C)C)[C@H]1NC(=O)[C@@H]1[C@@H](C)OC(=O)OCc1ccccc1. The molecule has 26 heavy (non-hydrogen) atoms. The van der Waals surface area contributed by atoms with Crippen molar-refractivity contribution in [2.45, 2.75) is 38.7 Å². The molecule has 0 bridgehead atoms. The van der Waals surface area contributed by atoms with Crippen LogP contribution in [0, 0.1) is 5.92 Å². The Morgan fingerprint density at radius 2 is 1.77 bits per heavy atom. The fraction of sp³-hybridized carbons (Fsp3) is 0.500. The Kier molecular flexibility index (Phi) is 6.43. The van der Waals surface area contributed by atoms with Crippen molar-refractivity contribution in [1.82, 2.24) is 10.2 Å². The second kappa shape index (κ2) is 8.55. The maximum Gasteiger partial charge on any atom is 0.508 e. The van der Waals surface area contributed by atoms with Gasteiger partial charge in [-0.2, -0.15) is 0 Å². The van der Waals surface area contributed by atoms with Crippen molar-refractivity contribution in [3.05, 3.63) is 35.9 Å². The summed E-state index contributed by atoms with van der Waals surface area (Å²) >= 11 is 0. The van der Waals surface area contributed by atoms with E-state index in [-0.39, 0.29) is 12.5 Å². The first-order valence-electron chi connectivity index (χ1n) is 8.35. The number of nitrogens with zero attached hydrogens (tertiary/aromatic N) is 1. The minimum atomic E-state index is -0.849. The number of β-lactam (4-membered cyclic amide) rings is 1. The molecular weight excluding hydrogens is 340 g/mol. The average Bonchev–Trinajstić information content (AvgIpc) is 2.58. The van der Waals surface area contributed by atoms with Crippen LogP contribution >= 0.6 is 0 Å². The van der Waals surface area contributed by atoms with E-state index in [1.807, 2.05) is 30.3 Å². The fourth-order valence-corrected chi connectivity index (χ4v) is 2.64. The normalized spacial score (nSPS) is 20.8. The van der Waals surface area contributed by atoms with Gasteiger partial charge in [0, 0.05) is 14.1 Å². The number of carbonyl (C=O) groups is 3. The molecule has 0 saturated carbocycles. The third-order valence-electron chi connectivity index (χ3n) is 4.14. The lowest BCUT2D eigenvalue weighted by Crippen LogP contribution is -2.67. The first-order chi connectivity index (χ1) is 12.3. The molecule has 2 rings (SSSR count). The molecule has 1 aliphatic rings. The fourth-order valence-electron chi connectivity index (χ4n) is 2.64. The van der Waals surface area contributed by atoms with Gasteiger partial charge >= 0.3 is 12.2 Å². The lowest BCUT2D eigenvalue weighted by atomic mass is 9.83. The molecule has 2 amide bonds. The highest BCUT2D eigenvalue weighted by Gasteiger charge is 2.48. The summed E-state index contributed by atoms with van der Waals surface area (Å²) in [6.07, 6.45) is -2.62. The average molecular weight is 364 g/mol. The Bertz CT molecular complexity index is 648. The van der Waals surface area contributed by atoms with Crippen molar-refractivity contribution in [3.8, 4) is 0 Å². The molecule has 0 aliphatic carbocycles. The predicted molar refractivity (Wildman–Crippen MR) is 92.2 cm³/mol. The van der Waals surface area contributed by atoms with E-state index in [0.29, 0.717) is 0 Å². The van der Waals surface area contributed by atoms with Crippen molar-refractivity contribution >= 4 is 18.2 Å². The molecule has 1 aromatic rings. The van der Waals surface area contributed by atoms with Gasteiger partial charge in [0.1, 0.15) is 18.8 Å². The number of hydrogen-bond donors (Lipinski definition) is 1. The van der Waals surface area contributed by atoms with Gasteiger partial charge in [-0.3, -0.25) is 4.79 Å². The number of nitrogens with one attached hydrogen (secondary N) is 1. The van der Waals surface area contributed by atoms with E-state index < -0.39 is 36.4 Å². The highest BCUT2D eigenvalue weighted by atomic mass is 16.7. The Labute approximate surface area is 152 Å². The Morgan fingerprint density at radius 1 is 1.12 bits per heavy atom. The molecular formula is C18H24N2O6. The second-order valence-electron chi connectivity index (χ2n) is 6.39. The molecule has 1 saturated heterocycles. The molecule has 1 N–H and O–H groups in total. The molecule has 8 nitrogen and oxygen atoms in total. The van der Waals surface area contributed by atoms with Gasteiger partial charge < -0.3 is 24.4 Å². The summed E-state index contributed by atoms with van der Waals surface area (Å²) in [6.45, 7) is 3.38. The number of rotatable bonds is 6. The van der Waals surface area contributed by atoms with Crippen molar-refractivity contribution in [2.24, 2.45) is 5.92 Å². The number of ether oxygens (including phenoxy) is 3. The third kappa shape index (κ3) is 4.87. The maximum absolute atomic E-state index is 11.9. The summed E-state index contributed by atoms with van der Waals surface area (Å²) in [5.41, 5.74) is 0.834. The van der Waals surface area contributed by atoms with Gasteiger partial charge in [0.2, 0.25) is 5.91 Å². The van der Waals surface area contributed by atoms with Crippen LogP contribution in [0.15, 0.2) is 30.3 Å². The van der Waals surface area contributed by atoms with Crippen LogP contribution in [-0.2, 0) is 25.6 Å². The van der Waals surface area contributed by atoms with E-state index in [1.165, 1.54) is 4.90 Å². The molecule has 0 radical (unpaired) electrons. The summed E-state index contributed by atoms with van der Waals surface area (Å²) in [7, 11) is 3.14. The molecule has 0 spiro atoms. The third-order valence-corrected chi connectivity index (χ3v) is 4.14. The Balaban J connectivity index is 1.84. The summed E-state index contributed by atoms with van der Waals surface area (Å²) < 4.78 is 15.5. The molecule has 8 heteroatoms. The molecule has 0 unspecified atom stereocenters. The van der Waals surface area contributed by atoms with Crippen LogP contribution in [-0.4, -0.2) is 55.4 Å². The number of hydrogen-bond acceptors (Lipinski definition) is 6. The van der Waals surface area contributed by atoms with Gasteiger partial charge in [0.15, 0.2) is 0 Å². The lowest BCUT2D eigenvalue weighted by Gasteiger charge is -2.42. The van der Waals surface area contributed by atoms with Gasteiger partial charge in [-0.1, -0.05) is 30.3 Å². The molecule has 1 heterocycles. The van der Waals surface area contributed by atoms with Gasteiger partial charge in [0.25, 0.3) is 0 Å². The monoisotopic (exact) mass is 364 g/mol. The van der Waals surface area contributed by atoms with E-state index in [9.17, 15) is 14.4 Å². The number of amides is 2. The zero-order valence-electron chi connectivity index (χ0n) is 15.3. The zero-order valence-corrected chi connectivity index (χ0v) is 15.3. The van der Waals surface area contributed by atoms with E-state index in [2.05, 4.69) is 5.32 Å². The van der Waals surface area contributed by atoms with Crippen LogP contribution in [0.1, 0.15) is 19.4 Å². The highest BCUT2D eigenvalue weighted by Crippen LogP contribution is 2.26. The minimum Gasteiger partial charge on any atom is -0.444 e. The topological polar surface area (TPSA) is 94.2 Å². The molecule has 1 fully saturated rings. The van der Waals surface area contributed by atoms with Gasteiger partial charge in [-0.15, -0.1) is 0 Å². The van der Waals surface area contributed by atoms with Crippen molar-refractivity contribution in [2.75, 3.05) is 14.1 Å². The summed E-state index contributed by atoms with van der Waals surface area (Å²) in [4.78, 5) is 36.7. The van der Waals surface area contributed by atoms with Gasteiger partial charge in [0.05, 0.1) is 12.0 Å². The van der Waals surface area contributed by atoms with Gasteiger partial charge in [-0.25, -0.2) is 9.59 Å². The minimum absolute atomic E-state index is 0.0868. The van der Waals surface area contributed by atoms with Crippen LogP contribution in [0.25, 0.3) is 0 Å². The van der Waals surface area contributed by atoms with Crippen LogP contribution in [0.4, 0.5) is 9.59 Å². The van der Waals surface area contributed by atoms with E-state index >= 15 is 0 Å². The van der Waals surface area contributed by atoms with Crippen molar-refractivity contribution < 1.29 is 28.6 Å².